The SMILES string of the molecule is C=C(CO)C(=O)OCCCC1CCC(C2CCC(c3ccc(C4CCC(CCCCC)CC4)cc3C)CC2)CC1. The Labute approximate surface area is 245 Å². The monoisotopic (exact) mass is 550 g/mol. The van der Waals surface area contributed by atoms with Gasteiger partial charge in [0.15, 0.2) is 0 Å². The van der Waals surface area contributed by atoms with Crippen molar-refractivity contribution in [3.63, 3.8) is 0 Å². The molecule has 1 N–H and O–H groups in total. The molecule has 3 nitrogen and oxygen atoms in total. The molecular weight excluding hydrogens is 492 g/mol. The van der Waals surface area contributed by atoms with Gasteiger partial charge in [-0.3, -0.25) is 0 Å². The maximum atomic E-state index is 11.6. The Bertz CT molecular complexity index is 911. The fraction of sp³-hybridized carbons (Fsp3) is 0.757. The molecule has 224 valence electrons. The van der Waals surface area contributed by atoms with E-state index >= 15 is 0 Å². The average Bonchev–Trinajstić information content (AvgIpc) is 2.99. The van der Waals surface area contributed by atoms with Crippen LogP contribution in [0.25, 0.3) is 0 Å². The van der Waals surface area contributed by atoms with Crippen molar-refractivity contribution >= 4 is 5.97 Å². The molecule has 0 spiro atoms. The minimum absolute atomic E-state index is 0.146. The van der Waals surface area contributed by atoms with Crippen LogP contribution < -0.4 is 0 Å². The summed E-state index contributed by atoms with van der Waals surface area (Å²) in [7, 11) is 0. The summed E-state index contributed by atoms with van der Waals surface area (Å²) in [5.74, 6) is 4.72. The van der Waals surface area contributed by atoms with Crippen LogP contribution in [0.2, 0.25) is 0 Å². The zero-order valence-electron chi connectivity index (χ0n) is 25.8. The first-order valence-corrected chi connectivity index (χ1v) is 17.0. The Hall–Kier alpha value is -1.61. The van der Waals surface area contributed by atoms with Gasteiger partial charge in [0.2, 0.25) is 0 Å². The zero-order valence-corrected chi connectivity index (χ0v) is 25.8. The van der Waals surface area contributed by atoms with Crippen LogP contribution in [0.15, 0.2) is 30.4 Å². The second kappa shape index (κ2) is 16.1. The van der Waals surface area contributed by atoms with Crippen molar-refractivity contribution in [1.82, 2.24) is 0 Å². The predicted octanol–water partition coefficient (Wildman–Crippen LogP) is 9.80. The van der Waals surface area contributed by atoms with Gasteiger partial charge in [-0.2, -0.15) is 0 Å². The standard InChI is InChI=1S/C37H58O3/c1-4-5-6-8-29-12-16-33(17-13-29)35-22-23-36(27(2)25-35)34-20-18-32(19-21-34)31-14-10-30(11-15-31)9-7-24-40-37(39)28(3)26-38/h22-23,25,29-34,38H,3-21,24,26H2,1-2H3. The van der Waals surface area contributed by atoms with Gasteiger partial charge in [-0.15, -0.1) is 0 Å². The van der Waals surface area contributed by atoms with Crippen molar-refractivity contribution in [2.75, 3.05) is 13.2 Å². The molecule has 0 heterocycles. The number of esters is 1. The summed E-state index contributed by atoms with van der Waals surface area (Å²) in [5.41, 5.74) is 4.96. The van der Waals surface area contributed by atoms with E-state index in [0.717, 1.165) is 48.3 Å². The molecule has 3 aliphatic rings. The number of aliphatic hydroxyl groups is 1. The number of hydrogen-bond acceptors (Lipinski definition) is 3. The summed E-state index contributed by atoms with van der Waals surface area (Å²) in [6.45, 7) is 8.35. The summed E-state index contributed by atoms with van der Waals surface area (Å²) >= 11 is 0. The van der Waals surface area contributed by atoms with Gasteiger partial charge in [0.05, 0.1) is 18.8 Å². The van der Waals surface area contributed by atoms with E-state index in [1.54, 1.807) is 16.7 Å². The Balaban J connectivity index is 1.15. The fourth-order valence-electron chi connectivity index (χ4n) is 8.43. The molecule has 1 aromatic rings. The lowest BCUT2D eigenvalue weighted by atomic mass is 9.67. The highest BCUT2D eigenvalue weighted by Gasteiger charge is 2.32. The topological polar surface area (TPSA) is 46.5 Å². The molecule has 1 aromatic carbocycles. The molecule has 0 aromatic heterocycles. The van der Waals surface area contributed by atoms with E-state index in [1.807, 2.05) is 0 Å². The van der Waals surface area contributed by atoms with Gasteiger partial charge in [-0.1, -0.05) is 70.2 Å². The summed E-state index contributed by atoms with van der Waals surface area (Å²) in [6.07, 6.45) is 24.4. The number of benzene rings is 1. The third-order valence-electron chi connectivity index (χ3n) is 11.1. The summed E-state index contributed by atoms with van der Waals surface area (Å²) < 4.78 is 5.21. The zero-order chi connectivity index (χ0) is 28.3. The first kappa shape index (κ1) is 31.3. The van der Waals surface area contributed by atoms with Gasteiger partial charge in [-0.25, -0.2) is 4.79 Å². The molecule has 0 saturated heterocycles. The molecule has 0 aliphatic heterocycles. The van der Waals surface area contributed by atoms with Crippen LogP contribution in [0.4, 0.5) is 0 Å². The number of carbonyl (C=O) groups excluding carboxylic acids is 1. The second-order valence-corrected chi connectivity index (χ2v) is 13.8. The van der Waals surface area contributed by atoms with Crippen LogP contribution in [0.3, 0.4) is 0 Å². The quantitative estimate of drug-likeness (QED) is 0.151. The molecule has 0 amide bonds. The molecule has 0 radical (unpaired) electrons. The number of hydrogen-bond donors (Lipinski definition) is 1. The highest BCUT2D eigenvalue weighted by molar-refractivity contribution is 5.87. The highest BCUT2D eigenvalue weighted by Crippen LogP contribution is 2.45. The number of aryl methyl sites for hydroxylation is 1. The van der Waals surface area contributed by atoms with Crippen LogP contribution in [0, 0.1) is 30.6 Å². The molecule has 0 bridgehead atoms. The van der Waals surface area contributed by atoms with Crippen molar-refractivity contribution < 1.29 is 14.6 Å². The number of unbranched alkanes of at least 4 members (excludes halogenated alkanes) is 2. The summed E-state index contributed by atoms with van der Waals surface area (Å²) in [6, 6.07) is 7.58. The van der Waals surface area contributed by atoms with Crippen LogP contribution >= 0.6 is 0 Å². The number of carbonyl (C=O) groups is 1. The van der Waals surface area contributed by atoms with E-state index in [4.69, 9.17) is 9.84 Å². The van der Waals surface area contributed by atoms with E-state index in [2.05, 4.69) is 38.6 Å². The van der Waals surface area contributed by atoms with Gasteiger partial charge >= 0.3 is 5.97 Å². The molecule has 3 aliphatic carbocycles. The molecule has 40 heavy (non-hydrogen) atoms. The van der Waals surface area contributed by atoms with Crippen molar-refractivity contribution in [2.24, 2.45) is 23.7 Å². The lowest BCUT2D eigenvalue weighted by Crippen LogP contribution is -2.25. The number of ether oxygens (including phenoxy) is 1. The van der Waals surface area contributed by atoms with E-state index < -0.39 is 5.97 Å². The maximum Gasteiger partial charge on any atom is 0.335 e. The summed E-state index contributed by atoms with van der Waals surface area (Å²) in [4.78, 5) is 11.6. The molecule has 0 atom stereocenters. The number of aliphatic hydroxyl groups excluding tert-OH is 1. The molecule has 3 saturated carbocycles. The normalized spacial score (nSPS) is 29.2. The van der Waals surface area contributed by atoms with Crippen LogP contribution in [0.5, 0.6) is 0 Å². The molecule has 3 heteroatoms. The van der Waals surface area contributed by atoms with E-state index in [0.29, 0.717) is 6.61 Å². The maximum absolute atomic E-state index is 11.6. The molecule has 4 rings (SSSR count). The third-order valence-corrected chi connectivity index (χ3v) is 11.1. The van der Waals surface area contributed by atoms with E-state index in [1.165, 1.54) is 103 Å². The Morgan fingerprint density at radius 3 is 2.00 bits per heavy atom. The van der Waals surface area contributed by atoms with Crippen LogP contribution in [-0.4, -0.2) is 24.3 Å². The minimum atomic E-state index is -0.455. The van der Waals surface area contributed by atoms with Crippen molar-refractivity contribution in [3.8, 4) is 0 Å². The van der Waals surface area contributed by atoms with Crippen molar-refractivity contribution in [2.45, 2.75) is 141 Å². The highest BCUT2D eigenvalue weighted by atomic mass is 16.5. The van der Waals surface area contributed by atoms with E-state index in [-0.39, 0.29) is 12.2 Å². The fourth-order valence-corrected chi connectivity index (χ4v) is 8.43. The Morgan fingerprint density at radius 1 is 0.825 bits per heavy atom. The van der Waals surface area contributed by atoms with Crippen molar-refractivity contribution in [3.05, 3.63) is 47.0 Å². The van der Waals surface area contributed by atoms with Gasteiger partial charge in [-0.05, 0) is 136 Å². The van der Waals surface area contributed by atoms with Gasteiger partial charge in [0.25, 0.3) is 0 Å². The molecule has 0 unspecified atom stereocenters. The average molecular weight is 551 g/mol. The third kappa shape index (κ3) is 8.94. The number of rotatable bonds is 13. The minimum Gasteiger partial charge on any atom is -0.462 e. The Kier molecular flexibility index (Phi) is 12.6. The van der Waals surface area contributed by atoms with Gasteiger partial charge in [0.1, 0.15) is 0 Å². The lowest BCUT2D eigenvalue weighted by Gasteiger charge is -2.38. The van der Waals surface area contributed by atoms with Gasteiger partial charge in [0, 0.05) is 0 Å². The smallest absolute Gasteiger partial charge is 0.335 e. The first-order chi connectivity index (χ1) is 19.5. The van der Waals surface area contributed by atoms with Gasteiger partial charge < -0.3 is 9.84 Å². The van der Waals surface area contributed by atoms with Crippen molar-refractivity contribution in [1.29, 1.82) is 0 Å². The second-order valence-electron chi connectivity index (χ2n) is 13.8. The largest absolute Gasteiger partial charge is 0.462 e. The first-order valence-electron chi connectivity index (χ1n) is 17.0. The Morgan fingerprint density at radius 2 is 1.40 bits per heavy atom. The molecule has 3 fully saturated rings. The van der Waals surface area contributed by atoms with Crippen LogP contribution in [-0.2, 0) is 9.53 Å². The molecular formula is C37H58O3. The summed E-state index contributed by atoms with van der Waals surface area (Å²) in [5, 5.41) is 8.97. The lowest BCUT2D eigenvalue weighted by molar-refractivity contribution is -0.139. The van der Waals surface area contributed by atoms with E-state index in [9.17, 15) is 4.79 Å². The van der Waals surface area contributed by atoms with Crippen LogP contribution in [0.1, 0.15) is 151 Å². The predicted molar refractivity (Wildman–Crippen MR) is 167 cm³/mol.